The van der Waals surface area contributed by atoms with Gasteiger partial charge in [0.2, 0.25) is 11.8 Å². The summed E-state index contributed by atoms with van der Waals surface area (Å²) in [7, 11) is 1.89. The van der Waals surface area contributed by atoms with Gasteiger partial charge in [0.15, 0.2) is 0 Å². The van der Waals surface area contributed by atoms with E-state index < -0.39 is 0 Å². The number of carbonyl (C=O) groups is 2. The van der Waals surface area contributed by atoms with Crippen molar-refractivity contribution >= 4 is 11.8 Å². The largest absolute Gasteiger partial charge is 0.351 e. The number of piperidine rings is 1. The summed E-state index contributed by atoms with van der Waals surface area (Å²) >= 11 is 0. The third-order valence-electron chi connectivity index (χ3n) is 5.62. The summed E-state index contributed by atoms with van der Waals surface area (Å²) in [6.45, 7) is 5.20. The highest BCUT2D eigenvalue weighted by Gasteiger charge is 2.44. The quantitative estimate of drug-likeness (QED) is 0.913. The summed E-state index contributed by atoms with van der Waals surface area (Å²) in [4.78, 5) is 28.4. The van der Waals surface area contributed by atoms with Crippen LogP contribution in [0.4, 0.5) is 0 Å². The fourth-order valence-corrected chi connectivity index (χ4v) is 3.92. The lowest BCUT2D eigenvalue weighted by atomic mass is 9.77. The first-order valence-corrected chi connectivity index (χ1v) is 8.79. The average Bonchev–Trinajstić information content (AvgIpc) is 2.87. The van der Waals surface area contributed by atoms with Crippen LogP contribution in [0.25, 0.3) is 0 Å². The maximum absolute atomic E-state index is 12.4. The second-order valence-electron chi connectivity index (χ2n) is 7.34. The zero-order valence-electron chi connectivity index (χ0n) is 14.6. The Morgan fingerprint density at radius 3 is 2.50 bits per heavy atom. The third-order valence-corrected chi connectivity index (χ3v) is 5.62. The molecule has 2 aliphatic heterocycles. The van der Waals surface area contributed by atoms with Crippen LogP contribution >= 0.6 is 0 Å². The topological polar surface area (TPSA) is 52.7 Å². The van der Waals surface area contributed by atoms with Crippen LogP contribution in [0.15, 0.2) is 30.3 Å². The fourth-order valence-electron chi connectivity index (χ4n) is 3.92. The van der Waals surface area contributed by atoms with Crippen LogP contribution in [0.2, 0.25) is 0 Å². The highest BCUT2D eigenvalue weighted by molar-refractivity contribution is 5.81. The molecule has 2 amide bonds. The van der Waals surface area contributed by atoms with Crippen molar-refractivity contribution in [2.24, 2.45) is 5.41 Å². The van der Waals surface area contributed by atoms with Gasteiger partial charge in [-0.1, -0.05) is 30.3 Å². The Hall–Kier alpha value is -1.88. The van der Waals surface area contributed by atoms with E-state index in [2.05, 4.69) is 10.2 Å². The molecule has 5 nitrogen and oxygen atoms in total. The molecule has 1 spiro atoms. The molecule has 0 aromatic heterocycles. The lowest BCUT2D eigenvalue weighted by Gasteiger charge is -2.40. The molecule has 2 aliphatic rings. The van der Waals surface area contributed by atoms with Gasteiger partial charge >= 0.3 is 0 Å². The standard InChI is InChI=1S/C19H27N3O2/c1-15(18(24)20-13-16-6-4-3-5-7-16)22-10-8-19(9-11-22)12-17(23)21(2)14-19/h3-7,15H,8-14H2,1-2H3,(H,20,24)/t15-/m0/s1. The SMILES string of the molecule is C[C@@H](C(=O)NCc1ccccc1)N1CCC2(CC1)CC(=O)N(C)C2. The first-order valence-electron chi connectivity index (χ1n) is 8.79. The Bertz CT molecular complexity index is 594. The molecule has 0 bridgehead atoms. The minimum Gasteiger partial charge on any atom is -0.351 e. The van der Waals surface area contributed by atoms with Crippen LogP contribution in [0.3, 0.4) is 0 Å². The van der Waals surface area contributed by atoms with Gasteiger partial charge in [0.25, 0.3) is 0 Å². The van der Waals surface area contributed by atoms with Gasteiger partial charge in [0.1, 0.15) is 0 Å². The van der Waals surface area contributed by atoms with Gasteiger partial charge in [-0.15, -0.1) is 0 Å². The minimum absolute atomic E-state index is 0.0782. The average molecular weight is 329 g/mol. The molecule has 1 aromatic carbocycles. The number of hydrogen-bond acceptors (Lipinski definition) is 3. The van der Waals surface area contributed by atoms with Crippen molar-refractivity contribution in [2.45, 2.75) is 38.8 Å². The van der Waals surface area contributed by atoms with E-state index in [4.69, 9.17) is 0 Å². The molecule has 3 rings (SSSR count). The van der Waals surface area contributed by atoms with Gasteiger partial charge in [-0.2, -0.15) is 0 Å². The summed E-state index contributed by atoms with van der Waals surface area (Å²) in [5.41, 5.74) is 1.26. The first kappa shape index (κ1) is 17.0. The molecule has 24 heavy (non-hydrogen) atoms. The second-order valence-corrected chi connectivity index (χ2v) is 7.34. The van der Waals surface area contributed by atoms with Crippen LogP contribution in [0.5, 0.6) is 0 Å². The van der Waals surface area contributed by atoms with E-state index in [-0.39, 0.29) is 23.3 Å². The number of benzene rings is 1. The predicted molar refractivity (Wildman–Crippen MR) is 93.2 cm³/mol. The van der Waals surface area contributed by atoms with Gasteiger partial charge in [-0.3, -0.25) is 14.5 Å². The Kier molecular flexibility index (Phi) is 4.90. The number of likely N-dealkylation sites (tertiary alicyclic amines) is 2. The Balaban J connectivity index is 1.49. The van der Waals surface area contributed by atoms with Gasteiger partial charge in [-0.05, 0) is 43.8 Å². The Morgan fingerprint density at radius 2 is 1.92 bits per heavy atom. The summed E-state index contributed by atoms with van der Waals surface area (Å²) in [6, 6.07) is 9.85. The van der Waals surface area contributed by atoms with Crippen LogP contribution in [0, 0.1) is 5.41 Å². The van der Waals surface area contributed by atoms with Crippen molar-refractivity contribution in [3.8, 4) is 0 Å². The summed E-state index contributed by atoms with van der Waals surface area (Å²) < 4.78 is 0. The van der Waals surface area contributed by atoms with Gasteiger partial charge in [-0.25, -0.2) is 0 Å². The number of carbonyl (C=O) groups excluding carboxylic acids is 2. The van der Waals surface area contributed by atoms with E-state index in [9.17, 15) is 9.59 Å². The maximum atomic E-state index is 12.4. The minimum atomic E-state index is -0.124. The van der Waals surface area contributed by atoms with E-state index >= 15 is 0 Å². The smallest absolute Gasteiger partial charge is 0.237 e. The highest BCUT2D eigenvalue weighted by atomic mass is 16.2. The van der Waals surface area contributed by atoms with Crippen molar-refractivity contribution in [1.29, 1.82) is 0 Å². The second kappa shape index (κ2) is 6.93. The van der Waals surface area contributed by atoms with Crippen LogP contribution < -0.4 is 5.32 Å². The van der Waals surface area contributed by atoms with Crippen molar-refractivity contribution in [3.05, 3.63) is 35.9 Å². The molecule has 1 aromatic rings. The molecule has 1 atom stereocenters. The van der Waals surface area contributed by atoms with Crippen molar-refractivity contribution in [1.82, 2.24) is 15.1 Å². The van der Waals surface area contributed by atoms with Crippen LogP contribution in [-0.4, -0.2) is 54.3 Å². The Labute approximate surface area is 144 Å². The zero-order chi connectivity index (χ0) is 17.2. The molecule has 130 valence electrons. The zero-order valence-corrected chi connectivity index (χ0v) is 14.6. The lowest BCUT2D eigenvalue weighted by molar-refractivity contribution is -0.128. The number of nitrogens with one attached hydrogen (secondary N) is 1. The van der Waals surface area contributed by atoms with Crippen molar-refractivity contribution < 1.29 is 9.59 Å². The first-order chi connectivity index (χ1) is 11.5. The maximum Gasteiger partial charge on any atom is 0.237 e. The van der Waals surface area contributed by atoms with Crippen LogP contribution in [0.1, 0.15) is 31.7 Å². The predicted octanol–water partition coefficient (Wildman–Crippen LogP) is 1.64. The van der Waals surface area contributed by atoms with E-state index in [0.29, 0.717) is 13.0 Å². The number of nitrogens with zero attached hydrogens (tertiary/aromatic N) is 2. The van der Waals surface area contributed by atoms with E-state index in [0.717, 1.165) is 38.0 Å². The number of rotatable bonds is 4. The van der Waals surface area contributed by atoms with E-state index in [1.165, 1.54) is 0 Å². The summed E-state index contributed by atoms with van der Waals surface area (Å²) in [6.07, 6.45) is 2.67. The summed E-state index contributed by atoms with van der Waals surface area (Å²) in [5, 5.41) is 3.03. The molecule has 2 saturated heterocycles. The lowest BCUT2D eigenvalue weighted by Crippen LogP contribution is -2.50. The monoisotopic (exact) mass is 329 g/mol. The molecular formula is C19H27N3O2. The molecular weight excluding hydrogens is 302 g/mol. The highest BCUT2D eigenvalue weighted by Crippen LogP contribution is 2.40. The molecule has 2 heterocycles. The third kappa shape index (κ3) is 3.61. The number of hydrogen-bond donors (Lipinski definition) is 1. The van der Waals surface area contributed by atoms with Gasteiger partial charge in [0, 0.05) is 26.6 Å². The van der Waals surface area contributed by atoms with Crippen LogP contribution in [-0.2, 0) is 16.1 Å². The van der Waals surface area contributed by atoms with E-state index in [1.807, 2.05) is 49.2 Å². The fraction of sp³-hybridized carbons (Fsp3) is 0.579. The van der Waals surface area contributed by atoms with Crippen molar-refractivity contribution in [3.63, 3.8) is 0 Å². The molecule has 0 unspecified atom stereocenters. The normalized spacial score (nSPS) is 21.9. The molecule has 0 aliphatic carbocycles. The number of amides is 2. The molecule has 0 radical (unpaired) electrons. The van der Waals surface area contributed by atoms with Gasteiger partial charge < -0.3 is 10.2 Å². The molecule has 2 fully saturated rings. The van der Waals surface area contributed by atoms with E-state index in [1.54, 1.807) is 0 Å². The van der Waals surface area contributed by atoms with Crippen molar-refractivity contribution in [2.75, 3.05) is 26.7 Å². The molecule has 5 heteroatoms. The Morgan fingerprint density at radius 1 is 1.25 bits per heavy atom. The van der Waals surface area contributed by atoms with Gasteiger partial charge in [0.05, 0.1) is 6.04 Å². The summed E-state index contributed by atoms with van der Waals surface area (Å²) in [5.74, 6) is 0.339. The molecule has 1 N–H and O–H groups in total. The molecule has 0 saturated carbocycles.